The molecule has 1 aliphatic heterocycles. The second-order valence-electron chi connectivity index (χ2n) is 8.90. The van der Waals surface area contributed by atoms with Gasteiger partial charge in [-0.3, -0.25) is 4.90 Å². The maximum atomic E-state index is 12.9. The lowest BCUT2D eigenvalue weighted by atomic mass is 10.2. The molecule has 0 aliphatic carbocycles. The van der Waals surface area contributed by atoms with Crippen molar-refractivity contribution in [1.82, 2.24) is 4.90 Å². The summed E-state index contributed by atoms with van der Waals surface area (Å²) in [6, 6.07) is 1.77. The minimum Gasteiger partial charge on any atom is -0.477 e. The Labute approximate surface area is 198 Å². The molecule has 0 radical (unpaired) electrons. The van der Waals surface area contributed by atoms with E-state index in [0.717, 1.165) is 18.0 Å². The number of thiophene rings is 1. The van der Waals surface area contributed by atoms with E-state index in [1.165, 1.54) is 22.4 Å². The van der Waals surface area contributed by atoms with Crippen molar-refractivity contribution in [2.45, 2.75) is 59.3 Å². The van der Waals surface area contributed by atoms with Crippen LogP contribution in [-0.2, 0) is 30.3 Å². The molecule has 0 spiro atoms. The lowest BCUT2D eigenvalue weighted by Crippen LogP contribution is -2.35. The van der Waals surface area contributed by atoms with E-state index in [2.05, 4.69) is 4.90 Å². The number of carboxylic acid groups (broad SMARTS) is 1. The van der Waals surface area contributed by atoms with Crippen LogP contribution in [0.25, 0.3) is 0 Å². The molecule has 1 fully saturated rings. The molecule has 1 N–H and O–H groups in total. The number of carboxylic acids is 1. The number of hydrogen-bond acceptors (Lipinski definition) is 9. The van der Waals surface area contributed by atoms with Crippen molar-refractivity contribution in [3.05, 3.63) is 28.3 Å². The van der Waals surface area contributed by atoms with E-state index in [1.807, 2.05) is 6.92 Å². The van der Waals surface area contributed by atoms with E-state index in [4.69, 9.17) is 14.2 Å². The SMILES string of the molecule is CCC(C)OC(=O)C(=CN(C)c1sc(CN2CCOCC2)cc1C(=O)OC(C)(C)C)C(=O)O. The first-order valence-corrected chi connectivity index (χ1v) is 11.8. The molecular formula is C23H34N2O7S. The summed E-state index contributed by atoms with van der Waals surface area (Å²) in [7, 11) is 1.59. The number of esters is 2. The highest BCUT2D eigenvalue weighted by molar-refractivity contribution is 7.16. The number of carbonyl (C=O) groups is 3. The minimum absolute atomic E-state index is 0.317. The molecule has 0 amide bonds. The van der Waals surface area contributed by atoms with Gasteiger partial charge in [0.05, 0.1) is 24.9 Å². The van der Waals surface area contributed by atoms with E-state index >= 15 is 0 Å². The topological polar surface area (TPSA) is 106 Å². The van der Waals surface area contributed by atoms with Crippen LogP contribution < -0.4 is 4.90 Å². The van der Waals surface area contributed by atoms with E-state index in [1.54, 1.807) is 40.8 Å². The van der Waals surface area contributed by atoms with E-state index in [0.29, 0.717) is 36.7 Å². The van der Waals surface area contributed by atoms with Crippen LogP contribution in [0, 0.1) is 0 Å². The fraction of sp³-hybridized carbons (Fsp3) is 0.609. The van der Waals surface area contributed by atoms with Gasteiger partial charge < -0.3 is 24.2 Å². The highest BCUT2D eigenvalue weighted by Crippen LogP contribution is 2.34. The smallest absolute Gasteiger partial charge is 0.347 e. The molecule has 9 nitrogen and oxygen atoms in total. The van der Waals surface area contributed by atoms with Gasteiger partial charge in [0.25, 0.3) is 0 Å². The van der Waals surface area contributed by atoms with Gasteiger partial charge in [-0.15, -0.1) is 11.3 Å². The Morgan fingerprint density at radius 1 is 1.30 bits per heavy atom. The van der Waals surface area contributed by atoms with Gasteiger partial charge in [-0.05, 0) is 40.2 Å². The van der Waals surface area contributed by atoms with Gasteiger partial charge in [0, 0.05) is 37.8 Å². The Hall–Kier alpha value is -2.43. The van der Waals surface area contributed by atoms with Gasteiger partial charge in [0.15, 0.2) is 5.57 Å². The van der Waals surface area contributed by atoms with Crippen molar-refractivity contribution < 1.29 is 33.7 Å². The van der Waals surface area contributed by atoms with Crippen molar-refractivity contribution in [2.75, 3.05) is 38.3 Å². The first kappa shape index (κ1) is 26.8. The summed E-state index contributed by atoms with van der Waals surface area (Å²) < 4.78 is 16.1. The summed E-state index contributed by atoms with van der Waals surface area (Å²) in [5, 5.41) is 10.1. The van der Waals surface area contributed by atoms with Gasteiger partial charge >= 0.3 is 17.9 Å². The highest BCUT2D eigenvalue weighted by Gasteiger charge is 2.27. The predicted molar refractivity (Wildman–Crippen MR) is 126 cm³/mol. The second-order valence-corrected chi connectivity index (χ2v) is 10.0. The summed E-state index contributed by atoms with van der Waals surface area (Å²) in [6.45, 7) is 12.4. The van der Waals surface area contributed by atoms with E-state index in [9.17, 15) is 19.5 Å². The quantitative estimate of drug-likeness (QED) is 0.246. The molecule has 1 aromatic heterocycles. The van der Waals surface area contributed by atoms with Crippen LogP contribution >= 0.6 is 11.3 Å². The molecule has 10 heteroatoms. The number of nitrogens with zero attached hydrogens (tertiary/aromatic N) is 2. The molecule has 2 heterocycles. The largest absolute Gasteiger partial charge is 0.477 e. The Morgan fingerprint density at radius 2 is 1.94 bits per heavy atom. The van der Waals surface area contributed by atoms with Crippen LogP contribution in [0.4, 0.5) is 5.00 Å². The lowest BCUT2D eigenvalue weighted by molar-refractivity contribution is -0.147. The molecule has 2 rings (SSSR count). The number of rotatable bonds is 9. The molecule has 1 aliphatic rings. The number of anilines is 1. The Bertz CT molecular complexity index is 882. The molecule has 0 aromatic carbocycles. The average Bonchev–Trinajstić information content (AvgIpc) is 3.15. The molecule has 0 saturated carbocycles. The summed E-state index contributed by atoms with van der Waals surface area (Å²) >= 11 is 1.35. The third-order valence-corrected chi connectivity index (χ3v) is 6.05. The van der Waals surface area contributed by atoms with Crippen LogP contribution in [0.1, 0.15) is 56.3 Å². The monoisotopic (exact) mass is 482 g/mol. The molecule has 1 saturated heterocycles. The number of aliphatic carboxylic acids is 1. The maximum absolute atomic E-state index is 12.9. The standard InChI is InChI=1S/C23H34N2O7S/c1-7-15(2)31-21(28)18(20(26)27)14-24(6)19-17(22(29)32-23(3,4)5)12-16(33-19)13-25-8-10-30-11-9-25/h12,14-15H,7-11,13H2,1-6H3,(H,26,27). The lowest BCUT2D eigenvalue weighted by Gasteiger charge is -2.25. The normalized spacial score (nSPS) is 16.2. The van der Waals surface area contributed by atoms with Crippen LogP contribution in [-0.4, -0.2) is 73.0 Å². The first-order valence-electron chi connectivity index (χ1n) is 11.0. The van der Waals surface area contributed by atoms with Crippen molar-refractivity contribution in [1.29, 1.82) is 0 Å². The summed E-state index contributed by atoms with van der Waals surface area (Å²) in [5.41, 5.74) is -0.894. The molecule has 1 atom stereocenters. The second kappa shape index (κ2) is 11.6. The third kappa shape index (κ3) is 8.13. The summed E-state index contributed by atoms with van der Waals surface area (Å²) in [5.74, 6) is -2.84. The molecule has 0 bridgehead atoms. The Morgan fingerprint density at radius 3 is 2.48 bits per heavy atom. The molecule has 1 aromatic rings. The zero-order chi connectivity index (χ0) is 24.8. The third-order valence-electron chi connectivity index (χ3n) is 4.84. The molecule has 184 valence electrons. The Kier molecular flexibility index (Phi) is 9.45. The minimum atomic E-state index is -1.40. The van der Waals surface area contributed by atoms with Gasteiger partial charge in [-0.1, -0.05) is 6.92 Å². The van der Waals surface area contributed by atoms with Crippen LogP contribution in [0.5, 0.6) is 0 Å². The molecule has 33 heavy (non-hydrogen) atoms. The molecular weight excluding hydrogens is 448 g/mol. The maximum Gasteiger partial charge on any atom is 0.347 e. The first-order chi connectivity index (χ1) is 15.4. The van der Waals surface area contributed by atoms with Gasteiger partial charge in [-0.25, -0.2) is 14.4 Å². The highest BCUT2D eigenvalue weighted by atomic mass is 32.1. The number of morpholine rings is 1. The van der Waals surface area contributed by atoms with Crippen LogP contribution in [0.2, 0.25) is 0 Å². The van der Waals surface area contributed by atoms with Crippen molar-refractivity contribution in [3.63, 3.8) is 0 Å². The fourth-order valence-electron chi connectivity index (χ4n) is 3.01. The number of hydrogen-bond donors (Lipinski definition) is 1. The summed E-state index contributed by atoms with van der Waals surface area (Å²) in [4.78, 5) is 41.7. The number of carbonyl (C=O) groups excluding carboxylic acids is 2. The number of ether oxygens (including phenoxy) is 3. The van der Waals surface area contributed by atoms with Gasteiger partial charge in [0.2, 0.25) is 0 Å². The average molecular weight is 483 g/mol. The van der Waals surface area contributed by atoms with Crippen LogP contribution in [0.3, 0.4) is 0 Å². The molecule has 1 unspecified atom stereocenters. The van der Waals surface area contributed by atoms with E-state index in [-0.39, 0.29) is 0 Å². The van der Waals surface area contributed by atoms with Crippen LogP contribution in [0.15, 0.2) is 17.8 Å². The zero-order valence-corrected chi connectivity index (χ0v) is 21.0. The van der Waals surface area contributed by atoms with Crippen molar-refractivity contribution in [2.24, 2.45) is 0 Å². The van der Waals surface area contributed by atoms with Gasteiger partial charge in [-0.2, -0.15) is 0 Å². The van der Waals surface area contributed by atoms with E-state index < -0.39 is 35.2 Å². The van der Waals surface area contributed by atoms with Crippen molar-refractivity contribution in [3.8, 4) is 0 Å². The Balaban J connectivity index is 2.38. The van der Waals surface area contributed by atoms with Gasteiger partial charge in [0.1, 0.15) is 10.6 Å². The fourth-order valence-corrected chi connectivity index (χ4v) is 4.13. The van der Waals surface area contributed by atoms with Crippen molar-refractivity contribution >= 4 is 34.2 Å². The predicted octanol–water partition coefficient (Wildman–Crippen LogP) is 3.28. The summed E-state index contributed by atoms with van der Waals surface area (Å²) in [6.07, 6.45) is 1.34. The zero-order valence-electron chi connectivity index (χ0n) is 20.2.